The van der Waals surface area contributed by atoms with Crippen molar-refractivity contribution in [1.82, 2.24) is 4.90 Å². The molecule has 0 bridgehead atoms. The first-order valence-corrected chi connectivity index (χ1v) is 9.46. The predicted molar refractivity (Wildman–Crippen MR) is 98.9 cm³/mol. The van der Waals surface area contributed by atoms with E-state index in [0.717, 1.165) is 5.92 Å². The number of piperidine rings is 1. The lowest BCUT2D eigenvalue weighted by Crippen LogP contribution is -2.46. The molecule has 1 aliphatic heterocycles. The van der Waals surface area contributed by atoms with Crippen molar-refractivity contribution in [2.75, 3.05) is 20.1 Å². The molecule has 1 heterocycles. The predicted octanol–water partition coefficient (Wildman–Crippen LogP) is 5.38. The summed E-state index contributed by atoms with van der Waals surface area (Å²) in [5.74, 6) is 0.885. The maximum Gasteiger partial charge on any atom is 0.00117 e. The molecule has 122 valence electrons. The van der Waals surface area contributed by atoms with E-state index in [9.17, 15) is 0 Å². The van der Waals surface area contributed by atoms with Crippen LogP contribution in [0.5, 0.6) is 0 Å². The molecule has 1 saturated carbocycles. The number of hydrogen-bond donors (Lipinski definition) is 0. The third kappa shape index (κ3) is 2.70. The number of hydrogen-bond acceptors (Lipinski definition) is 1. The van der Waals surface area contributed by atoms with Crippen LogP contribution in [-0.4, -0.2) is 25.0 Å². The van der Waals surface area contributed by atoms with Gasteiger partial charge >= 0.3 is 0 Å². The van der Waals surface area contributed by atoms with Crippen LogP contribution in [0.25, 0.3) is 10.8 Å². The van der Waals surface area contributed by atoms with E-state index in [4.69, 9.17) is 0 Å². The van der Waals surface area contributed by atoms with Crippen LogP contribution >= 0.6 is 0 Å². The Kier molecular flexibility index (Phi) is 4.15. The largest absolute Gasteiger partial charge is 0.306 e. The fourth-order valence-corrected chi connectivity index (χ4v) is 5.23. The van der Waals surface area contributed by atoms with Gasteiger partial charge in [0, 0.05) is 5.41 Å². The van der Waals surface area contributed by atoms with Gasteiger partial charge in [-0.15, -0.1) is 0 Å². The normalized spacial score (nSPS) is 23.2. The summed E-state index contributed by atoms with van der Waals surface area (Å²) < 4.78 is 0. The molecule has 0 aromatic heterocycles. The molecule has 0 radical (unpaired) electrons. The molecule has 1 saturated heterocycles. The van der Waals surface area contributed by atoms with Crippen LogP contribution in [0.15, 0.2) is 42.5 Å². The van der Waals surface area contributed by atoms with Crippen molar-refractivity contribution in [3.8, 4) is 0 Å². The van der Waals surface area contributed by atoms with E-state index in [1.54, 1.807) is 5.56 Å². The lowest BCUT2D eigenvalue weighted by atomic mass is 9.60. The maximum absolute atomic E-state index is 2.52. The zero-order valence-electron chi connectivity index (χ0n) is 14.4. The Morgan fingerprint density at radius 3 is 2.35 bits per heavy atom. The molecular formula is C22H29N. The van der Waals surface area contributed by atoms with Gasteiger partial charge in [0.1, 0.15) is 0 Å². The van der Waals surface area contributed by atoms with Crippen molar-refractivity contribution >= 4 is 10.8 Å². The lowest BCUT2D eigenvalue weighted by molar-refractivity contribution is 0.107. The van der Waals surface area contributed by atoms with Gasteiger partial charge in [0.25, 0.3) is 0 Å². The van der Waals surface area contributed by atoms with E-state index < -0.39 is 0 Å². The topological polar surface area (TPSA) is 3.24 Å². The van der Waals surface area contributed by atoms with E-state index in [1.807, 2.05) is 0 Å². The van der Waals surface area contributed by atoms with Gasteiger partial charge in [-0.3, -0.25) is 0 Å². The highest BCUT2D eigenvalue weighted by molar-refractivity contribution is 5.86. The van der Waals surface area contributed by atoms with Crippen LogP contribution in [0.3, 0.4) is 0 Å². The van der Waals surface area contributed by atoms with Crippen molar-refractivity contribution in [2.24, 2.45) is 5.92 Å². The van der Waals surface area contributed by atoms with Crippen molar-refractivity contribution in [3.05, 3.63) is 48.0 Å². The molecule has 2 fully saturated rings. The van der Waals surface area contributed by atoms with E-state index in [-0.39, 0.29) is 0 Å². The Morgan fingerprint density at radius 2 is 1.57 bits per heavy atom. The molecule has 1 aliphatic carbocycles. The van der Waals surface area contributed by atoms with Crippen LogP contribution in [0, 0.1) is 5.92 Å². The van der Waals surface area contributed by atoms with Gasteiger partial charge in [-0.25, -0.2) is 0 Å². The molecule has 0 unspecified atom stereocenters. The van der Waals surface area contributed by atoms with Crippen LogP contribution in [0.2, 0.25) is 0 Å². The molecule has 0 atom stereocenters. The number of nitrogens with zero attached hydrogens (tertiary/aromatic N) is 1. The van der Waals surface area contributed by atoms with Crippen molar-refractivity contribution in [3.63, 3.8) is 0 Å². The van der Waals surface area contributed by atoms with Gasteiger partial charge in [0.2, 0.25) is 0 Å². The molecule has 1 heteroatoms. The summed E-state index contributed by atoms with van der Waals surface area (Å²) in [7, 11) is 2.29. The monoisotopic (exact) mass is 307 g/mol. The summed E-state index contributed by atoms with van der Waals surface area (Å²) in [6.07, 6.45) is 9.87. The molecule has 2 aliphatic rings. The Balaban J connectivity index is 1.83. The number of fused-ring (bicyclic) bond motifs is 1. The number of rotatable bonds is 2. The number of benzene rings is 2. The fourth-order valence-electron chi connectivity index (χ4n) is 5.23. The first-order valence-electron chi connectivity index (χ1n) is 9.46. The highest BCUT2D eigenvalue weighted by atomic mass is 15.1. The molecule has 2 aromatic rings. The average Bonchev–Trinajstić information content (AvgIpc) is 2.63. The van der Waals surface area contributed by atoms with Crippen molar-refractivity contribution < 1.29 is 0 Å². The van der Waals surface area contributed by atoms with E-state index in [2.05, 4.69) is 54.4 Å². The standard InChI is InChI=1S/C22H29N/c1-23-16-14-22(15-17-23,19-10-3-2-4-11-19)21-13-7-9-18-8-5-6-12-20(18)21/h5-9,12-13,19H,2-4,10-11,14-17H2,1H3. The SMILES string of the molecule is CN1CCC(c2cccc3ccccc23)(C2CCCCC2)CC1. The molecule has 1 nitrogen and oxygen atoms in total. The van der Waals surface area contributed by atoms with Gasteiger partial charge in [0.15, 0.2) is 0 Å². The van der Waals surface area contributed by atoms with Crippen LogP contribution < -0.4 is 0 Å². The molecule has 23 heavy (non-hydrogen) atoms. The minimum atomic E-state index is 0.411. The van der Waals surface area contributed by atoms with Gasteiger partial charge in [-0.1, -0.05) is 61.7 Å². The quantitative estimate of drug-likeness (QED) is 0.719. The van der Waals surface area contributed by atoms with Crippen molar-refractivity contribution in [2.45, 2.75) is 50.4 Å². The summed E-state index contributed by atoms with van der Waals surface area (Å²) in [4.78, 5) is 2.52. The molecule has 0 N–H and O–H groups in total. The summed E-state index contributed by atoms with van der Waals surface area (Å²) >= 11 is 0. The highest BCUT2D eigenvalue weighted by Crippen LogP contribution is 2.49. The third-order valence-corrected chi connectivity index (χ3v) is 6.59. The van der Waals surface area contributed by atoms with Gasteiger partial charge in [-0.05, 0) is 68.1 Å². The van der Waals surface area contributed by atoms with Crippen LogP contribution in [0.1, 0.15) is 50.5 Å². The first kappa shape index (κ1) is 15.2. The van der Waals surface area contributed by atoms with Gasteiger partial charge < -0.3 is 4.90 Å². The highest BCUT2D eigenvalue weighted by Gasteiger charge is 2.43. The summed E-state index contributed by atoms with van der Waals surface area (Å²) in [5, 5.41) is 2.92. The van der Waals surface area contributed by atoms with Crippen LogP contribution in [-0.2, 0) is 5.41 Å². The third-order valence-electron chi connectivity index (χ3n) is 6.59. The van der Waals surface area contributed by atoms with Crippen molar-refractivity contribution in [1.29, 1.82) is 0 Å². The van der Waals surface area contributed by atoms with E-state index in [0.29, 0.717) is 5.41 Å². The molecular weight excluding hydrogens is 278 g/mol. The number of likely N-dealkylation sites (tertiary alicyclic amines) is 1. The zero-order valence-corrected chi connectivity index (χ0v) is 14.4. The van der Waals surface area contributed by atoms with E-state index >= 15 is 0 Å². The fraction of sp³-hybridized carbons (Fsp3) is 0.545. The minimum absolute atomic E-state index is 0.411. The van der Waals surface area contributed by atoms with E-state index in [1.165, 1.54) is 68.8 Å². The molecule has 0 spiro atoms. The molecule has 4 rings (SSSR count). The lowest BCUT2D eigenvalue weighted by Gasteiger charge is -2.48. The zero-order chi connectivity index (χ0) is 15.7. The second kappa shape index (κ2) is 6.28. The average molecular weight is 307 g/mol. The summed E-state index contributed by atoms with van der Waals surface area (Å²) in [5.41, 5.74) is 2.06. The summed E-state index contributed by atoms with van der Waals surface area (Å²) in [6, 6.07) is 16.0. The van der Waals surface area contributed by atoms with Crippen LogP contribution in [0.4, 0.5) is 0 Å². The van der Waals surface area contributed by atoms with Gasteiger partial charge in [0.05, 0.1) is 0 Å². The Morgan fingerprint density at radius 1 is 0.870 bits per heavy atom. The Hall–Kier alpha value is -1.34. The maximum atomic E-state index is 2.52. The summed E-state index contributed by atoms with van der Waals surface area (Å²) in [6.45, 7) is 2.50. The minimum Gasteiger partial charge on any atom is -0.306 e. The molecule has 2 aromatic carbocycles. The van der Waals surface area contributed by atoms with Gasteiger partial charge in [-0.2, -0.15) is 0 Å². The second-order valence-electron chi connectivity index (χ2n) is 7.82. The Labute approximate surface area is 140 Å². The first-order chi connectivity index (χ1) is 11.3. The smallest absolute Gasteiger partial charge is 0.00117 e. The second-order valence-corrected chi connectivity index (χ2v) is 7.82. The molecule has 0 amide bonds. The Bertz CT molecular complexity index is 655.